The molecule has 3 aromatic rings. The van der Waals surface area contributed by atoms with Crippen LogP contribution < -0.4 is 4.90 Å². The third-order valence-corrected chi connectivity index (χ3v) is 6.58. The highest BCUT2D eigenvalue weighted by Crippen LogP contribution is 2.53. The van der Waals surface area contributed by atoms with Crippen molar-refractivity contribution in [3.05, 3.63) is 54.1 Å². The number of hydrogen-bond donors (Lipinski definition) is 0. The van der Waals surface area contributed by atoms with Crippen LogP contribution in [0.4, 0.5) is 5.82 Å². The second-order valence-electron chi connectivity index (χ2n) is 10.1. The Kier molecular flexibility index (Phi) is 3.81. The third-order valence-electron chi connectivity index (χ3n) is 6.58. The average molecular weight is 372 g/mol. The highest BCUT2D eigenvalue weighted by atomic mass is 15.3. The van der Waals surface area contributed by atoms with Crippen LogP contribution in [-0.2, 0) is 0 Å². The Balaban J connectivity index is 1.66. The van der Waals surface area contributed by atoms with Crippen molar-refractivity contribution < 1.29 is 0 Å². The molecule has 28 heavy (non-hydrogen) atoms. The van der Waals surface area contributed by atoms with Crippen LogP contribution in [0.2, 0.25) is 0 Å². The van der Waals surface area contributed by atoms with E-state index in [0.717, 1.165) is 29.3 Å². The second kappa shape index (κ2) is 6.04. The fourth-order valence-corrected chi connectivity index (χ4v) is 5.82. The van der Waals surface area contributed by atoms with E-state index in [-0.39, 0.29) is 0 Å². The Bertz CT molecular complexity index is 1040. The van der Waals surface area contributed by atoms with E-state index in [0.29, 0.717) is 16.9 Å². The van der Waals surface area contributed by atoms with Crippen molar-refractivity contribution in [1.29, 1.82) is 0 Å². The summed E-state index contributed by atoms with van der Waals surface area (Å²) in [5.74, 6) is 1.95. The average Bonchev–Trinajstić information content (AvgIpc) is 2.90. The number of hydrogen-bond acceptors (Lipinski definition) is 3. The summed E-state index contributed by atoms with van der Waals surface area (Å²) in [6.07, 6.45) is 3.80. The number of para-hydroxylation sites is 1. The number of anilines is 1. The van der Waals surface area contributed by atoms with Gasteiger partial charge in [0.1, 0.15) is 5.82 Å². The first-order valence-corrected chi connectivity index (χ1v) is 10.4. The van der Waals surface area contributed by atoms with Crippen LogP contribution in [0.15, 0.2) is 48.5 Å². The van der Waals surface area contributed by atoms with Gasteiger partial charge in [0, 0.05) is 23.5 Å². The van der Waals surface area contributed by atoms with Gasteiger partial charge in [-0.3, -0.25) is 0 Å². The monoisotopic (exact) mass is 371 g/mol. The maximum Gasteiger partial charge on any atom is 0.162 e. The summed E-state index contributed by atoms with van der Waals surface area (Å²) in [5.41, 5.74) is 4.16. The highest BCUT2D eigenvalue weighted by molar-refractivity contribution is 5.91. The van der Waals surface area contributed by atoms with Gasteiger partial charge in [-0.2, -0.15) is 0 Å². The summed E-state index contributed by atoms with van der Waals surface area (Å²) in [4.78, 5) is 12.6. The van der Waals surface area contributed by atoms with Crippen LogP contribution in [-0.4, -0.2) is 22.6 Å². The maximum absolute atomic E-state index is 5.14. The minimum Gasteiger partial charge on any atom is -0.352 e. The fraction of sp³-hybridized carbons (Fsp3) is 0.440. The summed E-state index contributed by atoms with van der Waals surface area (Å²) in [6, 6.07) is 17.6. The van der Waals surface area contributed by atoms with Gasteiger partial charge in [0.25, 0.3) is 0 Å². The highest BCUT2D eigenvalue weighted by Gasteiger charge is 2.50. The van der Waals surface area contributed by atoms with Crippen molar-refractivity contribution in [3.8, 4) is 11.4 Å². The molecule has 2 bridgehead atoms. The summed E-state index contributed by atoms with van der Waals surface area (Å²) < 4.78 is 0. The van der Waals surface area contributed by atoms with Crippen molar-refractivity contribution in [2.75, 3.05) is 11.4 Å². The number of aryl methyl sites for hydroxylation is 1. The molecule has 3 nitrogen and oxygen atoms in total. The molecule has 2 aliphatic rings. The predicted octanol–water partition coefficient (Wildman–Crippen LogP) is 6.01. The molecular formula is C25H29N3. The summed E-state index contributed by atoms with van der Waals surface area (Å²) in [6.45, 7) is 10.5. The van der Waals surface area contributed by atoms with E-state index >= 15 is 0 Å². The van der Waals surface area contributed by atoms with E-state index in [4.69, 9.17) is 9.97 Å². The molecule has 0 amide bonds. The van der Waals surface area contributed by atoms with E-state index in [1.54, 1.807) is 0 Å². The molecule has 1 saturated heterocycles. The molecule has 2 atom stereocenters. The number of benzene rings is 2. The summed E-state index contributed by atoms with van der Waals surface area (Å²) >= 11 is 0. The molecule has 1 aromatic heterocycles. The van der Waals surface area contributed by atoms with Crippen LogP contribution in [0.1, 0.15) is 45.6 Å². The van der Waals surface area contributed by atoms with Gasteiger partial charge in [-0.25, -0.2) is 9.97 Å². The van der Waals surface area contributed by atoms with E-state index < -0.39 is 0 Å². The standard InChI is InChI=1S/C25H29N3/c1-17-9-11-18(12-10-17)22-26-21-8-6-5-7-20(21)23(27-22)28-16-25(4)14-19(28)13-24(2,3)15-25/h5-12,19H,13-16H2,1-4H3/t19-,25-/m1/s1. The van der Waals surface area contributed by atoms with Crippen LogP contribution in [0.3, 0.4) is 0 Å². The molecule has 3 heteroatoms. The molecule has 2 fully saturated rings. The van der Waals surface area contributed by atoms with E-state index in [1.165, 1.54) is 30.2 Å². The molecule has 0 spiro atoms. The number of aromatic nitrogens is 2. The quantitative estimate of drug-likeness (QED) is 0.552. The first kappa shape index (κ1) is 17.7. The molecule has 1 aliphatic heterocycles. The van der Waals surface area contributed by atoms with Gasteiger partial charge < -0.3 is 4.90 Å². The molecule has 0 radical (unpaired) electrons. The Labute approximate surface area is 167 Å². The minimum absolute atomic E-state index is 0.377. The lowest BCUT2D eigenvalue weighted by Crippen LogP contribution is -2.35. The van der Waals surface area contributed by atoms with Crippen LogP contribution in [0.5, 0.6) is 0 Å². The lowest BCUT2D eigenvalue weighted by atomic mass is 9.65. The summed E-state index contributed by atoms with van der Waals surface area (Å²) in [7, 11) is 0. The zero-order valence-electron chi connectivity index (χ0n) is 17.4. The number of fused-ring (bicyclic) bond motifs is 3. The molecule has 2 aromatic carbocycles. The van der Waals surface area contributed by atoms with Gasteiger partial charge in [0.15, 0.2) is 5.82 Å². The van der Waals surface area contributed by atoms with Crippen molar-refractivity contribution in [2.24, 2.45) is 10.8 Å². The second-order valence-corrected chi connectivity index (χ2v) is 10.1. The first-order chi connectivity index (χ1) is 13.3. The molecule has 5 rings (SSSR count). The van der Waals surface area contributed by atoms with Gasteiger partial charge in [0.2, 0.25) is 0 Å². The predicted molar refractivity (Wildman–Crippen MR) is 117 cm³/mol. The number of rotatable bonds is 2. The van der Waals surface area contributed by atoms with E-state index in [9.17, 15) is 0 Å². The Morgan fingerprint density at radius 3 is 2.46 bits per heavy atom. The summed E-state index contributed by atoms with van der Waals surface area (Å²) in [5, 5.41) is 1.17. The normalized spacial score (nSPS) is 26.0. The van der Waals surface area contributed by atoms with Crippen LogP contribution in [0, 0.1) is 17.8 Å². The molecular weight excluding hydrogens is 342 g/mol. The van der Waals surface area contributed by atoms with Gasteiger partial charge in [-0.05, 0) is 49.1 Å². The lowest BCUT2D eigenvalue weighted by Gasteiger charge is -2.39. The molecule has 0 unspecified atom stereocenters. The molecule has 0 N–H and O–H groups in total. The molecule has 1 saturated carbocycles. The largest absolute Gasteiger partial charge is 0.352 e. The van der Waals surface area contributed by atoms with Crippen LogP contribution in [0.25, 0.3) is 22.3 Å². The molecule has 2 heterocycles. The van der Waals surface area contributed by atoms with Crippen molar-refractivity contribution in [1.82, 2.24) is 9.97 Å². The van der Waals surface area contributed by atoms with Gasteiger partial charge in [-0.15, -0.1) is 0 Å². The Morgan fingerprint density at radius 1 is 0.929 bits per heavy atom. The lowest BCUT2D eigenvalue weighted by molar-refractivity contribution is 0.136. The smallest absolute Gasteiger partial charge is 0.162 e. The van der Waals surface area contributed by atoms with Crippen molar-refractivity contribution in [2.45, 2.75) is 53.0 Å². The van der Waals surface area contributed by atoms with Crippen molar-refractivity contribution >= 4 is 16.7 Å². The van der Waals surface area contributed by atoms with E-state index in [1.807, 2.05) is 0 Å². The Morgan fingerprint density at radius 2 is 1.68 bits per heavy atom. The third kappa shape index (κ3) is 2.97. The SMILES string of the molecule is Cc1ccc(-c2nc(N3C[C@]4(C)C[C@H]3CC(C)(C)C4)c3ccccc3n2)cc1. The van der Waals surface area contributed by atoms with Crippen LogP contribution >= 0.6 is 0 Å². The van der Waals surface area contributed by atoms with Crippen molar-refractivity contribution in [3.63, 3.8) is 0 Å². The topological polar surface area (TPSA) is 29.0 Å². The van der Waals surface area contributed by atoms with Gasteiger partial charge in [0.05, 0.1) is 5.52 Å². The van der Waals surface area contributed by atoms with E-state index in [2.05, 4.69) is 81.1 Å². The zero-order chi connectivity index (χ0) is 19.5. The fourth-order valence-electron chi connectivity index (χ4n) is 5.82. The number of nitrogens with zero attached hydrogens (tertiary/aromatic N) is 3. The maximum atomic E-state index is 5.14. The Hall–Kier alpha value is -2.42. The first-order valence-electron chi connectivity index (χ1n) is 10.4. The zero-order valence-corrected chi connectivity index (χ0v) is 17.4. The molecule has 144 valence electrons. The molecule has 1 aliphatic carbocycles. The van der Waals surface area contributed by atoms with Gasteiger partial charge >= 0.3 is 0 Å². The van der Waals surface area contributed by atoms with Gasteiger partial charge in [-0.1, -0.05) is 62.7 Å². The minimum atomic E-state index is 0.377.